The third-order valence-corrected chi connectivity index (χ3v) is 5.89. The zero-order valence-corrected chi connectivity index (χ0v) is 15.0. The van der Waals surface area contributed by atoms with Gasteiger partial charge in [-0.15, -0.1) is 0 Å². The molecule has 5 heteroatoms. The first-order chi connectivity index (χ1) is 12.3. The molecule has 0 spiro atoms. The quantitative estimate of drug-likeness (QED) is 0.882. The van der Waals surface area contributed by atoms with E-state index < -0.39 is 0 Å². The van der Waals surface area contributed by atoms with Crippen molar-refractivity contribution in [2.45, 2.75) is 35.1 Å². The van der Waals surface area contributed by atoms with Crippen molar-refractivity contribution < 1.29 is 4.79 Å². The SMILES string of the molecule is O=C(CCN1c2ccccc2Sc2ccccc21)NC1CCCNC1. The summed E-state index contributed by atoms with van der Waals surface area (Å²) in [5, 5.41) is 6.52. The Hall–Kier alpha value is -1.98. The average molecular weight is 353 g/mol. The zero-order valence-electron chi connectivity index (χ0n) is 14.2. The lowest BCUT2D eigenvalue weighted by Crippen LogP contribution is -2.46. The van der Waals surface area contributed by atoms with Gasteiger partial charge in [0.15, 0.2) is 0 Å². The highest BCUT2D eigenvalue weighted by Gasteiger charge is 2.23. The summed E-state index contributed by atoms with van der Waals surface area (Å²) in [4.78, 5) is 17.2. The Balaban J connectivity index is 1.47. The maximum Gasteiger partial charge on any atom is 0.222 e. The van der Waals surface area contributed by atoms with Crippen LogP contribution in [-0.4, -0.2) is 31.6 Å². The van der Waals surface area contributed by atoms with Gasteiger partial charge in [0.25, 0.3) is 0 Å². The highest BCUT2D eigenvalue weighted by atomic mass is 32.2. The van der Waals surface area contributed by atoms with Gasteiger partial charge in [0.05, 0.1) is 11.4 Å². The van der Waals surface area contributed by atoms with E-state index in [9.17, 15) is 4.79 Å². The van der Waals surface area contributed by atoms with Crippen molar-refractivity contribution in [3.63, 3.8) is 0 Å². The number of amides is 1. The summed E-state index contributed by atoms with van der Waals surface area (Å²) in [5.41, 5.74) is 2.39. The summed E-state index contributed by atoms with van der Waals surface area (Å²) in [6.45, 7) is 2.64. The number of benzene rings is 2. The summed E-state index contributed by atoms with van der Waals surface area (Å²) in [7, 11) is 0. The fourth-order valence-electron chi connectivity index (χ4n) is 3.51. The number of nitrogens with one attached hydrogen (secondary N) is 2. The molecule has 130 valence electrons. The van der Waals surface area contributed by atoms with Crippen molar-refractivity contribution in [2.75, 3.05) is 24.5 Å². The molecule has 1 fully saturated rings. The smallest absolute Gasteiger partial charge is 0.222 e. The van der Waals surface area contributed by atoms with E-state index in [4.69, 9.17) is 0 Å². The van der Waals surface area contributed by atoms with Crippen LogP contribution in [0.3, 0.4) is 0 Å². The molecule has 2 aromatic rings. The lowest BCUT2D eigenvalue weighted by Gasteiger charge is -2.33. The first-order valence-corrected chi connectivity index (χ1v) is 9.76. The molecule has 1 atom stereocenters. The number of piperidine rings is 1. The third kappa shape index (κ3) is 3.67. The summed E-state index contributed by atoms with van der Waals surface area (Å²) < 4.78 is 0. The molecule has 1 amide bonds. The molecule has 2 aliphatic heterocycles. The van der Waals surface area contributed by atoms with Gasteiger partial charge >= 0.3 is 0 Å². The van der Waals surface area contributed by atoms with Gasteiger partial charge in [0, 0.05) is 35.3 Å². The minimum atomic E-state index is 0.141. The molecule has 2 heterocycles. The maximum atomic E-state index is 12.4. The number of carbonyl (C=O) groups excluding carboxylic acids is 1. The Bertz CT molecular complexity index is 713. The molecule has 25 heavy (non-hydrogen) atoms. The van der Waals surface area contributed by atoms with Crippen LogP contribution in [0.5, 0.6) is 0 Å². The highest BCUT2D eigenvalue weighted by Crippen LogP contribution is 2.47. The van der Waals surface area contributed by atoms with Crippen LogP contribution in [0.4, 0.5) is 11.4 Å². The molecule has 0 aliphatic carbocycles. The molecule has 1 saturated heterocycles. The van der Waals surface area contributed by atoms with Gasteiger partial charge in [-0.2, -0.15) is 0 Å². The van der Waals surface area contributed by atoms with Crippen LogP contribution in [0, 0.1) is 0 Å². The van der Waals surface area contributed by atoms with Crippen molar-refractivity contribution in [1.29, 1.82) is 0 Å². The van der Waals surface area contributed by atoms with Gasteiger partial charge in [-0.25, -0.2) is 0 Å². The second-order valence-corrected chi connectivity index (χ2v) is 7.63. The number of anilines is 2. The van der Waals surface area contributed by atoms with Gasteiger partial charge in [-0.05, 0) is 43.7 Å². The predicted molar refractivity (Wildman–Crippen MR) is 103 cm³/mol. The van der Waals surface area contributed by atoms with Crippen molar-refractivity contribution in [1.82, 2.24) is 10.6 Å². The van der Waals surface area contributed by atoms with E-state index in [2.05, 4.69) is 64.1 Å². The van der Waals surface area contributed by atoms with E-state index in [1.54, 1.807) is 11.8 Å². The first-order valence-electron chi connectivity index (χ1n) is 8.95. The maximum absolute atomic E-state index is 12.4. The molecule has 1 unspecified atom stereocenters. The lowest BCUT2D eigenvalue weighted by molar-refractivity contribution is -0.121. The number of hydrogen-bond donors (Lipinski definition) is 2. The van der Waals surface area contributed by atoms with Crippen LogP contribution in [0.1, 0.15) is 19.3 Å². The molecule has 4 rings (SSSR count). The summed E-state index contributed by atoms with van der Waals surface area (Å²) >= 11 is 1.80. The first kappa shape index (κ1) is 16.5. The second kappa shape index (κ2) is 7.50. The number of hydrogen-bond acceptors (Lipinski definition) is 4. The normalized spacial score (nSPS) is 19.0. The molecular formula is C20H23N3OS. The van der Waals surface area contributed by atoms with Crippen molar-refractivity contribution in [2.24, 2.45) is 0 Å². The van der Waals surface area contributed by atoms with Crippen LogP contribution in [-0.2, 0) is 4.79 Å². The number of fused-ring (bicyclic) bond motifs is 2. The summed E-state index contributed by atoms with van der Waals surface area (Å²) in [6, 6.07) is 17.1. The van der Waals surface area contributed by atoms with Crippen LogP contribution in [0.2, 0.25) is 0 Å². The van der Waals surface area contributed by atoms with Crippen molar-refractivity contribution in [3.05, 3.63) is 48.5 Å². The lowest BCUT2D eigenvalue weighted by atomic mass is 10.1. The van der Waals surface area contributed by atoms with E-state index in [0.29, 0.717) is 13.0 Å². The number of nitrogens with zero attached hydrogens (tertiary/aromatic N) is 1. The average Bonchev–Trinajstić information content (AvgIpc) is 2.66. The molecule has 0 aromatic heterocycles. The summed E-state index contributed by atoms with van der Waals surface area (Å²) in [6.07, 6.45) is 2.71. The Morgan fingerprint density at radius 3 is 2.44 bits per heavy atom. The van der Waals surface area contributed by atoms with Crippen LogP contribution in [0.25, 0.3) is 0 Å². The second-order valence-electron chi connectivity index (χ2n) is 6.55. The van der Waals surface area contributed by atoms with Crippen LogP contribution < -0.4 is 15.5 Å². The van der Waals surface area contributed by atoms with Gasteiger partial charge < -0.3 is 15.5 Å². The molecular weight excluding hydrogens is 330 g/mol. The molecule has 0 bridgehead atoms. The zero-order chi connectivity index (χ0) is 17.1. The van der Waals surface area contributed by atoms with E-state index in [1.165, 1.54) is 21.2 Å². The standard InChI is InChI=1S/C20H23N3OS/c24-20(22-15-6-5-12-21-14-15)11-13-23-16-7-1-3-9-18(16)25-19-10-4-2-8-17(19)23/h1-4,7-10,15,21H,5-6,11-14H2,(H,22,24). The Morgan fingerprint density at radius 1 is 1.12 bits per heavy atom. The largest absolute Gasteiger partial charge is 0.352 e. The highest BCUT2D eigenvalue weighted by molar-refractivity contribution is 7.99. The molecule has 2 aliphatic rings. The Labute approximate surface area is 153 Å². The van der Waals surface area contributed by atoms with Crippen LogP contribution in [0.15, 0.2) is 58.3 Å². The molecule has 2 aromatic carbocycles. The Morgan fingerprint density at radius 2 is 1.80 bits per heavy atom. The number of para-hydroxylation sites is 2. The van der Waals surface area contributed by atoms with Gasteiger partial charge in [0.2, 0.25) is 5.91 Å². The minimum Gasteiger partial charge on any atom is -0.352 e. The van der Waals surface area contributed by atoms with E-state index in [0.717, 1.165) is 25.9 Å². The number of rotatable bonds is 4. The topological polar surface area (TPSA) is 44.4 Å². The monoisotopic (exact) mass is 353 g/mol. The van der Waals surface area contributed by atoms with Crippen molar-refractivity contribution in [3.8, 4) is 0 Å². The molecule has 4 nitrogen and oxygen atoms in total. The fraction of sp³-hybridized carbons (Fsp3) is 0.350. The van der Waals surface area contributed by atoms with Gasteiger partial charge in [-0.3, -0.25) is 4.79 Å². The fourth-order valence-corrected chi connectivity index (χ4v) is 4.61. The van der Waals surface area contributed by atoms with E-state index in [1.807, 2.05) is 0 Å². The van der Waals surface area contributed by atoms with E-state index in [-0.39, 0.29) is 11.9 Å². The van der Waals surface area contributed by atoms with Gasteiger partial charge in [-0.1, -0.05) is 36.0 Å². The van der Waals surface area contributed by atoms with Gasteiger partial charge in [0.1, 0.15) is 0 Å². The van der Waals surface area contributed by atoms with E-state index >= 15 is 0 Å². The minimum absolute atomic E-state index is 0.141. The number of carbonyl (C=O) groups is 1. The Kier molecular flexibility index (Phi) is 4.95. The summed E-state index contributed by atoms with van der Waals surface area (Å²) in [5.74, 6) is 0.141. The molecule has 2 N–H and O–H groups in total. The van der Waals surface area contributed by atoms with Crippen LogP contribution >= 0.6 is 11.8 Å². The molecule has 0 saturated carbocycles. The van der Waals surface area contributed by atoms with Crippen molar-refractivity contribution >= 4 is 29.0 Å². The molecule has 0 radical (unpaired) electrons. The predicted octanol–water partition coefficient (Wildman–Crippen LogP) is 3.55. The third-order valence-electron chi connectivity index (χ3n) is 4.76.